The lowest BCUT2D eigenvalue weighted by Crippen LogP contribution is -2.23. The quantitative estimate of drug-likeness (QED) is 0.545. The van der Waals surface area contributed by atoms with Gasteiger partial charge in [0.15, 0.2) is 6.29 Å². The van der Waals surface area contributed by atoms with Crippen LogP contribution in [0.3, 0.4) is 0 Å². The molecule has 0 aliphatic carbocycles. The van der Waals surface area contributed by atoms with Crippen LogP contribution in [0.1, 0.15) is 24.0 Å². The Kier molecular flexibility index (Phi) is 7.33. The molecule has 19 heavy (non-hydrogen) atoms. The van der Waals surface area contributed by atoms with E-state index in [1.807, 2.05) is 12.1 Å². The van der Waals surface area contributed by atoms with Gasteiger partial charge in [0, 0.05) is 14.2 Å². The summed E-state index contributed by atoms with van der Waals surface area (Å²) < 4.78 is 10.3. The van der Waals surface area contributed by atoms with E-state index in [2.05, 4.69) is 12.1 Å². The van der Waals surface area contributed by atoms with Gasteiger partial charge in [0.05, 0.1) is 6.04 Å². The van der Waals surface area contributed by atoms with Gasteiger partial charge in [0.1, 0.15) is 6.29 Å². The van der Waals surface area contributed by atoms with Crippen LogP contribution in [0.4, 0.5) is 0 Å². The van der Waals surface area contributed by atoms with Gasteiger partial charge in [0.25, 0.3) is 0 Å². The Morgan fingerprint density at radius 1 is 1.16 bits per heavy atom. The summed E-state index contributed by atoms with van der Waals surface area (Å²) in [6.07, 6.45) is 4.14. The number of aryl methyl sites for hydroxylation is 1. The van der Waals surface area contributed by atoms with Crippen molar-refractivity contribution in [3.05, 3.63) is 35.4 Å². The molecule has 0 saturated carbocycles. The van der Waals surface area contributed by atoms with Crippen LogP contribution in [-0.4, -0.2) is 32.8 Å². The molecule has 0 aliphatic rings. The monoisotopic (exact) mass is 265 g/mol. The number of rotatable bonds is 9. The average Bonchev–Trinajstić information content (AvgIpc) is 2.45. The van der Waals surface area contributed by atoms with Gasteiger partial charge in [-0.2, -0.15) is 0 Å². The van der Waals surface area contributed by atoms with E-state index in [0.717, 1.165) is 31.1 Å². The topological polar surface area (TPSA) is 61.5 Å². The summed E-state index contributed by atoms with van der Waals surface area (Å²) in [5.41, 5.74) is 7.96. The smallest absolute Gasteiger partial charge is 0.156 e. The van der Waals surface area contributed by atoms with E-state index >= 15 is 0 Å². The van der Waals surface area contributed by atoms with E-state index in [0.29, 0.717) is 6.42 Å². The SMILES string of the molecule is COC(CCCc1ccc(CC(N)C=O)cc1)OC. The number of methoxy groups -OCH3 is 2. The van der Waals surface area contributed by atoms with E-state index in [1.54, 1.807) is 14.2 Å². The predicted molar refractivity (Wildman–Crippen MR) is 74.9 cm³/mol. The highest BCUT2D eigenvalue weighted by molar-refractivity contribution is 5.57. The second kappa shape index (κ2) is 8.80. The molecule has 0 fully saturated rings. The number of hydrogen-bond acceptors (Lipinski definition) is 4. The first-order valence-electron chi connectivity index (χ1n) is 6.54. The third-order valence-electron chi connectivity index (χ3n) is 3.10. The first-order valence-corrected chi connectivity index (χ1v) is 6.54. The number of ether oxygens (including phenoxy) is 2. The lowest BCUT2D eigenvalue weighted by Gasteiger charge is -2.12. The van der Waals surface area contributed by atoms with Crippen LogP contribution in [0.25, 0.3) is 0 Å². The van der Waals surface area contributed by atoms with Crippen LogP contribution in [0.2, 0.25) is 0 Å². The number of hydrogen-bond donors (Lipinski definition) is 1. The highest BCUT2D eigenvalue weighted by Gasteiger charge is 2.05. The molecular weight excluding hydrogens is 242 g/mol. The van der Waals surface area contributed by atoms with Crippen molar-refractivity contribution >= 4 is 6.29 Å². The van der Waals surface area contributed by atoms with Crippen molar-refractivity contribution in [2.75, 3.05) is 14.2 Å². The molecule has 0 aromatic heterocycles. The zero-order valence-electron chi connectivity index (χ0n) is 11.7. The number of nitrogens with two attached hydrogens (primary N) is 1. The van der Waals surface area contributed by atoms with Crippen LogP contribution in [0.5, 0.6) is 0 Å². The van der Waals surface area contributed by atoms with Crippen molar-refractivity contribution in [3.8, 4) is 0 Å². The maximum absolute atomic E-state index is 10.5. The molecule has 1 atom stereocenters. The van der Waals surface area contributed by atoms with E-state index in [-0.39, 0.29) is 6.29 Å². The molecule has 0 bridgehead atoms. The fraction of sp³-hybridized carbons (Fsp3) is 0.533. The Balaban J connectivity index is 2.37. The lowest BCUT2D eigenvalue weighted by molar-refractivity contribution is -0.108. The van der Waals surface area contributed by atoms with Crippen molar-refractivity contribution in [1.29, 1.82) is 0 Å². The summed E-state index contributed by atoms with van der Waals surface area (Å²) in [5, 5.41) is 0. The summed E-state index contributed by atoms with van der Waals surface area (Å²) in [4.78, 5) is 10.5. The van der Waals surface area contributed by atoms with Crippen LogP contribution < -0.4 is 5.73 Å². The number of carbonyl (C=O) groups is 1. The Bertz CT molecular complexity index is 360. The molecule has 4 nitrogen and oxygen atoms in total. The van der Waals surface area contributed by atoms with Gasteiger partial charge < -0.3 is 20.0 Å². The zero-order chi connectivity index (χ0) is 14.1. The first kappa shape index (κ1) is 15.8. The third kappa shape index (κ3) is 5.96. The van der Waals surface area contributed by atoms with Crippen LogP contribution in [0.15, 0.2) is 24.3 Å². The summed E-state index contributed by atoms with van der Waals surface area (Å²) in [7, 11) is 3.30. The molecule has 1 unspecified atom stereocenters. The van der Waals surface area contributed by atoms with Crippen molar-refractivity contribution in [1.82, 2.24) is 0 Å². The minimum absolute atomic E-state index is 0.120. The fourth-order valence-electron chi connectivity index (χ4n) is 1.97. The predicted octanol–water partition coefficient (Wildman–Crippen LogP) is 1.70. The molecule has 0 spiro atoms. The molecule has 106 valence electrons. The second-order valence-corrected chi connectivity index (χ2v) is 4.61. The molecule has 2 N–H and O–H groups in total. The maximum Gasteiger partial charge on any atom is 0.156 e. The van der Waals surface area contributed by atoms with Crippen molar-refractivity contribution in [2.45, 2.75) is 38.0 Å². The van der Waals surface area contributed by atoms with E-state index in [9.17, 15) is 4.79 Å². The molecular formula is C15H23NO3. The summed E-state index contributed by atoms with van der Waals surface area (Å²) in [6.45, 7) is 0. The second-order valence-electron chi connectivity index (χ2n) is 4.61. The van der Waals surface area contributed by atoms with Gasteiger partial charge >= 0.3 is 0 Å². The molecule has 0 amide bonds. The molecule has 0 radical (unpaired) electrons. The molecule has 4 heteroatoms. The number of carbonyl (C=O) groups excluding carboxylic acids is 1. The van der Waals surface area contributed by atoms with Crippen LogP contribution >= 0.6 is 0 Å². The maximum atomic E-state index is 10.5. The van der Waals surface area contributed by atoms with Crippen molar-refractivity contribution < 1.29 is 14.3 Å². The Morgan fingerprint density at radius 2 is 1.74 bits per heavy atom. The Hall–Kier alpha value is -1.23. The molecule has 1 rings (SSSR count). The van der Waals surface area contributed by atoms with Crippen molar-refractivity contribution in [2.24, 2.45) is 5.73 Å². The van der Waals surface area contributed by atoms with Crippen LogP contribution in [-0.2, 0) is 27.1 Å². The van der Waals surface area contributed by atoms with Gasteiger partial charge in [-0.05, 0) is 36.8 Å². The minimum Gasteiger partial charge on any atom is -0.356 e. The molecule has 0 saturated heterocycles. The first-order chi connectivity index (χ1) is 9.19. The number of aldehydes is 1. The van der Waals surface area contributed by atoms with Gasteiger partial charge in [-0.25, -0.2) is 0 Å². The summed E-state index contributed by atoms with van der Waals surface area (Å²) >= 11 is 0. The van der Waals surface area contributed by atoms with Gasteiger partial charge in [0.2, 0.25) is 0 Å². The third-order valence-corrected chi connectivity index (χ3v) is 3.10. The normalized spacial score (nSPS) is 12.6. The standard InChI is InChI=1S/C15H23NO3/c1-18-15(19-2)5-3-4-12-6-8-13(9-7-12)10-14(16)11-17/h6-9,11,14-15H,3-5,10,16H2,1-2H3. The number of benzene rings is 1. The van der Waals surface area contributed by atoms with E-state index < -0.39 is 6.04 Å². The molecule has 0 heterocycles. The minimum atomic E-state index is -0.407. The van der Waals surface area contributed by atoms with Gasteiger partial charge in [-0.3, -0.25) is 0 Å². The molecule has 1 aromatic rings. The van der Waals surface area contributed by atoms with E-state index in [1.165, 1.54) is 5.56 Å². The van der Waals surface area contributed by atoms with Crippen LogP contribution in [0, 0.1) is 0 Å². The Labute approximate surface area is 114 Å². The lowest BCUT2D eigenvalue weighted by atomic mass is 10.0. The average molecular weight is 265 g/mol. The highest BCUT2D eigenvalue weighted by atomic mass is 16.7. The Morgan fingerprint density at radius 3 is 2.26 bits per heavy atom. The molecule has 1 aromatic carbocycles. The largest absolute Gasteiger partial charge is 0.356 e. The molecule has 0 aliphatic heterocycles. The van der Waals surface area contributed by atoms with Crippen molar-refractivity contribution in [3.63, 3.8) is 0 Å². The highest BCUT2D eigenvalue weighted by Crippen LogP contribution is 2.11. The fourth-order valence-corrected chi connectivity index (χ4v) is 1.97. The van der Waals surface area contributed by atoms with E-state index in [4.69, 9.17) is 15.2 Å². The van der Waals surface area contributed by atoms with Gasteiger partial charge in [-0.1, -0.05) is 24.3 Å². The summed E-state index contributed by atoms with van der Waals surface area (Å²) in [5.74, 6) is 0. The van der Waals surface area contributed by atoms with Gasteiger partial charge in [-0.15, -0.1) is 0 Å². The summed E-state index contributed by atoms with van der Waals surface area (Å²) in [6, 6.07) is 7.82. The zero-order valence-corrected chi connectivity index (χ0v) is 11.7.